The van der Waals surface area contributed by atoms with Crippen LogP contribution in [-0.2, 0) is 16.1 Å². The Balaban J connectivity index is 1.62. The first-order chi connectivity index (χ1) is 13.2. The van der Waals surface area contributed by atoms with Gasteiger partial charge in [-0.2, -0.15) is 13.2 Å². The number of esters is 1. The van der Waals surface area contributed by atoms with E-state index in [0.717, 1.165) is 4.57 Å². The Morgan fingerprint density at radius 3 is 2.57 bits per heavy atom. The van der Waals surface area contributed by atoms with Crippen molar-refractivity contribution in [3.05, 3.63) is 47.3 Å². The molecule has 1 aromatic carbocycles. The van der Waals surface area contributed by atoms with Crippen LogP contribution in [0.2, 0.25) is 0 Å². The quantitative estimate of drug-likeness (QED) is 0.573. The maximum absolute atomic E-state index is 12.7. The third kappa shape index (κ3) is 4.29. The highest BCUT2D eigenvalue weighted by Gasteiger charge is 2.31. The molecule has 9 heteroatoms. The summed E-state index contributed by atoms with van der Waals surface area (Å²) in [6.45, 7) is 1.04. The van der Waals surface area contributed by atoms with E-state index in [4.69, 9.17) is 14.2 Å². The number of alkyl halides is 3. The molecule has 1 aliphatic heterocycles. The van der Waals surface area contributed by atoms with Gasteiger partial charge in [-0.05, 0) is 32.0 Å². The van der Waals surface area contributed by atoms with Crippen molar-refractivity contribution < 1.29 is 37.0 Å². The molecule has 0 radical (unpaired) electrons. The zero-order valence-corrected chi connectivity index (χ0v) is 15.2. The molecule has 0 amide bonds. The van der Waals surface area contributed by atoms with Gasteiger partial charge in [-0.25, -0.2) is 4.79 Å². The van der Waals surface area contributed by atoms with Crippen molar-refractivity contribution in [2.45, 2.75) is 32.7 Å². The maximum atomic E-state index is 12.7. The smallest absolute Gasteiger partial charge is 0.406 e. The fraction of sp³-hybridized carbons (Fsp3) is 0.368. The maximum Gasteiger partial charge on any atom is 0.406 e. The molecule has 2 heterocycles. The van der Waals surface area contributed by atoms with Gasteiger partial charge in [-0.3, -0.25) is 4.79 Å². The number of ketones is 1. The van der Waals surface area contributed by atoms with E-state index in [1.807, 2.05) is 0 Å². The predicted octanol–water partition coefficient (Wildman–Crippen LogP) is 3.23. The molecule has 0 saturated carbocycles. The van der Waals surface area contributed by atoms with E-state index in [2.05, 4.69) is 0 Å². The lowest BCUT2D eigenvalue weighted by molar-refractivity contribution is -0.153. The first-order valence-electron chi connectivity index (χ1n) is 8.47. The van der Waals surface area contributed by atoms with Gasteiger partial charge in [0.05, 0.1) is 0 Å². The van der Waals surface area contributed by atoms with E-state index in [-0.39, 0.29) is 17.9 Å². The molecule has 6 nitrogen and oxygen atoms in total. The van der Waals surface area contributed by atoms with Gasteiger partial charge in [0.15, 0.2) is 18.1 Å². The summed E-state index contributed by atoms with van der Waals surface area (Å²) in [4.78, 5) is 24.5. The normalized spacial score (nSPS) is 16.0. The zero-order chi connectivity index (χ0) is 20.5. The van der Waals surface area contributed by atoms with Crippen molar-refractivity contribution in [3.8, 4) is 11.5 Å². The number of carbonyl (C=O) groups excluding carboxylic acids is 2. The van der Waals surface area contributed by atoms with Crippen LogP contribution in [0.15, 0.2) is 30.3 Å². The summed E-state index contributed by atoms with van der Waals surface area (Å²) in [5, 5.41) is 0. The van der Waals surface area contributed by atoms with Gasteiger partial charge >= 0.3 is 12.1 Å². The molecule has 3 rings (SSSR count). The second kappa shape index (κ2) is 7.57. The van der Waals surface area contributed by atoms with Crippen molar-refractivity contribution in [1.29, 1.82) is 0 Å². The van der Waals surface area contributed by atoms with Crippen LogP contribution in [-0.4, -0.2) is 41.8 Å². The van der Waals surface area contributed by atoms with E-state index in [1.54, 1.807) is 24.3 Å². The van der Waals surface area contributed by atoms with E-state index in [0.29, 0.717) is 17.2 Å². The summed E-state index contributed by atoms with van der Waals surface area (Å²) in [6, 6.07) is 8.16. The Labute approximate surface area is 158 Å². The lowest BCUT2D eigenvalue weighted by Gasteiger charge is -2.24. The molecule has 0 fully saturated rings. The highest BCUT2D eigenvalue weighted by molar-refractivity contribution is 5.99. The Morgan fingerprint density at radius 2 is 1.89 bits per heavy atom. The summed E-state index contributed by atoms with van der Waals surface area (Å²) in [6.07, 6.45) is -5.43. The van der Waals surface area contributed by atoms with Crippen molar-refractivity contribution >= 4 is 11.8 Å². The summed E-state index contributed by atoms with van der Waals surface area (Å²) in [7, 11) is 0. The van der Waals surface area contributed by atoms with Crippen LogP contribution in [0.5, 0.6) is 11.5 Å². The van der Waals surface area contributed by atoms with Gasteiger partial charge in [-0.1, -0.05) is 12.1 Å². The minimum Gasteiger partial charge on any atom is -0.485 e. The Bertz CT molecular complexity index is 903. The number of fused-ring (bicyclic) bond motifs is 1. The fourth-order valence-electron chi connectivity index (χ4n) is 2.95. The molecular formula is C19H18F3NO5. The third-order valence-electron chi connectivity index (χ3n) is 4.33. The fourth-order valence-corrected chi connectivity index (χ4v) is 2.95. The molecule has 0 aliphatic carbocycles. The summed E-state index contributed by atoms with van der Waals surface area (Å²) in [5.74, 6) is -0.489. The van der Waals surface area contributed by atoms with E-state index in [9.17, 15) is 22.8 Å². The number of aromatic nitrogens is 1. The molecule has 1 atom stereocenters. The molecule has 150 valence electrons. The topological polar surface area (TPSA) is 66.8 Å². The Kier molecular flexibility index (Phi) is 5.35. The van der Waals surface area contributed by atoms with Crippen LogP contribution in [0.4, 0.5) is 13.2 Å². The van der Waals surface area contributed by atoms with Crippen molar-refractivity contribution in [1.82, 2.24) is 4.57 Å². The molecule has 1 aliphatic rings. The predicted molar refractivity (Wildman–Crippen MR) is 91.6 cm³/mol. The van der Waals surface area contributed by atoms with Gasteiger partial charge in [0.25, 0.3) is 0 Å². The molecule has 0 unspecified atom stereocenters. The second-order valence-electron chi connectivity index (χ2n) is 6.38. The first-order valence-corrected chi connectivity index (χ1v) is 8.47. The third-order valence-corrected chi connectivity index (χ3v) is 4.33. The Hall–Kier alpha value is -2.97. The molecule has 2 aromatic rings. The first kappa shape index (κ1) is 19.8. The number of para-hydroxylation sites is 2. The standard InChI is InChI=1S/C19H18F3NO5/c1-11-7-13(12(2)23(11)10-19(20,21)22)14(24)8-27-18(25)17-9-26-15-5-3-4-6-16(15)28-17/h3-7,17H,8-10H2,1-2H3/t17-/m1/s1. The number of Topliss-reactive ketones (excluding diaryl/α,β-unsaturated/α-hetero) is 1. The summed E-state index contributed by atoms with van der Waals surface area (Å²) < 4.78 is 54.9. The van der Waals surface area contributed by atoms with Crippen LogP contribution in [0.25, 0.3) is 0 Å². The number of halogens is 3. The van der Waals surface area contributed by atoms with Gasteiger partial charge < -0.3 is 18.8 Å². The number of rotatable bonds is 5. The van der Waals surface area contributed by atoms with Crippen LogP contribution in [0.3, 0.4) is 0 Å². The summed E-state index contributed by atoms with van der Waals surface area (Å²) in [5.41, 5.74) is 0.549. The van der Waals surface area contributed by atoms with Gasteiger partial charge in [0, 0.05) is 17.0 Å². The average Bonchev–Trinajstić information content (AvgIpc) is 2.92. The van der Waals surface area contributed by atoms with Crippen LogP contribution in [0, 0.1) is 13.8 Å². The summed E-state index contributed by atoms with van der Waals surface area (Å²) >= 11 is 0. The molecule has 0 saturated heterocycles. The van der Waals surface area contributed by atoms with Crippen molar-refractivity contribution in [2.24, 2.45) is 0 Å². The number of benzene rings is 1. The number of nitrogens with zero attached hydrogens (tertiary/aromatic N) is 1. The van der Waals surface area contributed by atoms with Crippen LogP contribution < -0.4 is 9.47 Å². The van der Waals surface area contributed by atoms with Crippen molar-refractivity contribution in [3.63, 3.8) is 0 Å². The minimum absolute atomic E-state index is 0.0653. The van der Waals surface area contributed by atoms with Crippen molar-refractivity contribution in [2.75, 3.05) is 13.2 Å². The molecule has 0 spiro atoms. The van der Waals surface area contributed by atoms with E-state index in [1.165, 1.54) is 19.9 Å². The number of aryl methyl sites for hydroxylation is 1. The van der Waals surface area contributed by atoms with E-state index >= 15 is 0 Å². The van der Waals surface area contributed by atoms with Gasteiger partial charge in [0.1, 0.15) is 13.2 Å². The SMILES string of the molecule is Cc1cc(C(=O)COC(=O)[C@H]2COc3ccccc3O2)c(C)n1CC(F)(F)F. The number of hydrogen-bond acceptors (Lipinski definition) is 5. The highest BCUT2D eigenvalue weighted by atomic mass is 19.4. The lowest BCUT2D eigenvalue weighted by atomic mass is 10.1. The highest BCUT2D eigenvalue weighted by Crippen LogP contribution is 2.31. The largest absolute Gasteiger partial charge is 0.485 e. The molecular weight excluding hydrogens is 379 g/mol. The number of carbonyl (C=O) groups is 2. The molecule has 0 N–H and O–H groups in total. The van der Waals surface area contributed by atoms with Crippen LogP contribution in [0.1, 0.15) is 21.7 Å². The second-order valence-corrected chi connectivity index (χ2v) is 6.38. The monoisotopic (exact) mass is 397 g/mol. The molecule has 28 heavy (non-hydrogen) atoms. The number of ether oxygens (including phenoxy) is 3. The van der Waals surface area contributed by atoms with Gasteiger partial charge in [-0.15, -0.1) is 0 Å². The van der Waals surface area contributed by atoms with Crippen LogP contribution >= 0.6 is 0 Å². The minimum atomic E-state index is -4.41. The zero-order valence-electron chi connectivity index (χ0n) is 15.2. The lowest BCUT2D eigenvalue weighted by Crippen LogP contribution is -2.38. The number of hydrogen-bond donors (Lipinski definition) is 0. The Morgan fingerprint density at radius 1 is 1.21 bits per heavy atom. The van der Waals surface area contributed by atoms with Gasteiger partial charge in [0.2, 0.25) is 11.9 Å². The molecule has 1 aromatic heterocycles. The van der Waals surface area contributed by atoms with E-state index < -0.39 is 37.2 Å². The molecule has 0 bridgehead atoms. The average molecular weight is 397 g/mol.